The number of carbonyl (C=O) groups is 3. The van der Waals surface area contributed by atoms with Crippen molar-refractivity contribution >= 4 is 40.7 Å². The van der Waals surface area contributed by atoms with Crippen molar-refractivity contribution < 1.29 is 14.4 Å². The van der Waals surface area contributed by atoms with Gasteiger partial charge in [0.05, 0.1) is 0 Å². The molecular weight excluding hydrogens is 450 g/mol. The predicted molar refractivity (Wildman–Crippen MR) is 134 cm³/mol. The molecule has 1 aliphatic rings. The van der Waals surface area contributed by atoms with Gasteiger partial charge in [-0.1, -0.05) is 65.7 Å². The number of anilines is 2. The Bertz CT molecular complexity index is 1300. The molecule has 1 heterocycles. The third-order valence-corrected chi connectivity index (χ3v) is 5.95. The molecule has 0 saturated heterocycles. The van der Waals surface area contributed by atoms with Crippen LogP contribution in [0.5, 0.6) is 0 Å². The highest BCUT2D eigenvalue weighted by atomic mass is 35.5. The summed E-state index contributed by atoms with van der Waals surface area (Å²) in [5.41, 5.74) is 4.71. The second-order valence-electron chi connectivity index (χ2n) is 8.16. The van der Waals surface area contributed by atoms with E-state index in [1.807, 2.05) is 62.4 Å². The molecule has 0 unspecified atom stereocenters. The van der Waals surface area contributed by atoms with Gasteiger partial charge in [-0.05, 0) is 55.7 Å². The molecule has 0 aromatic heterocycles. The number of aryl methyl sites for hydroxylation is 2. The number of halogens is 1. The van der Waals surface area contributed by atoms with Crippen molar-refractivity contribution in [3.63, 3.8) is 0 Å². The molecule has 172 valence electrons. The van der Waals surface area contributed by atoms with Gasteiger partial charge >= 0.3 is 0 Å². The summed E-state index contributed by atoms with van der Waals surface area (Å²) in [5.74, 6) is -1.31. The van der Waals surface area contributed by atoms with Gasteiger partial charge in [0.15, 0.2) is 0 Å². The molecule has 0 spiro atoms. The van der Waals surface area contributed by atoms with Crippen molar-refractivity contribution in [1.82, 2.24) is 4.90 Å². The summed E-state index contributed by atoms with van der Waals surface area (Å²) in [4.78, 5) is 39.4. The smallest absolute Gasteiger partial charge is 0.278 e. The molecule has 34 heavy (non-hydrogen) atoms. The molecule has 4 rings (SSSR count). The fraction of sp³-hybridized carbons (Fsp3) is 0.148. The maximum atomic E-state index is 12.9. The lowest BCUT2D eigenvalue weighted by Gasteiger charge is -2.15. The van der Waals surface area contributed by atoms with Crippen LogP contribution in [0.3, 0.4) is 0 Å². The second-order valence-corrected chi connectivity index (χ2v) is 8.54. The van der Waals surface area contributed by atoms with Crippen molar-refractivity contribution in [2.45, 2.75) is 20.3 Å². The minimum Gasteiger partial charge on any atom is -0.350 e. The molecule has 0 bridgehead atoms. The standard InChI is InChI=1S/C27H24ClN3O3/c1-17-11-12-22(18(2)15-17)30-25(32)20-9-6-10-21(16-20)29-24-23(28)26(33)31(27(24)34)14-13-19-7-4-3-5-8-19/h3-12,15-16,29H,13-14H2,1-2H3,(H,30,32). The van der Waals surface area contributed by atoms with Gasteiger partial charge in [-0.2, -0.15) is 0 Å². The molecule has 1 aliphatic heterocycles. The lowest BCUT2D eigenvalue weighted by Crippen LogP contribution is -2.34. The zero-order valence-electron chi connectivity index (χ0n) is 18.9. The average Bonchev–Trinajstić information content (AvgIpc) is 3.03. The summed E-state index contributed by atoms with van der Waals surface area (Å²) in [6, 6.07) is 22.1. The Kier molecular flexibility index (Phi) is 6.80. The second kappa shape index (κ2) is 9.93. The van der Waals surface area contributed by atoms with E-state index in [1.165, 1.54) is 0 Å². The van der Waals surface area contributed by atoms with Gasteiger partial charge in [-0.3, -0.25) is 19.3 Å². The summed E-state index contributed by atoms with van der Waals surface area (Å²) in [6.07, 6.45) is 0.532. The summed E-state index contributed by atoms with van der Waals surface area (Å²) >= 11 is 6.22. The van der Waals surface area contributed by atoms with E-state index in [0.717, 1.165) is 27.3 Å². The first-order valence-corrected chi connectivity index (χ1v) is 11.3. The molecule has 7 heteroatoms. The van der Waals surface area contributed by atoms with Crippen LogP contribution >= 0.6 is 11.6 Å². The van der Waals surface area contributed by atoms with Crippen LogP contribution in [-0.4, -0.2) is 29.2 Å². The van der Waals surface area contributed by atoms with Gasteiger partial charge in [0, 0.05) is 23.5 Å². The molecule has 0 atom stereocenters. The van der Waals surface area contributed by atoms with Gasteiger partial charge < -0.3 is 10.6 Å². The Labute approximate surface area is 203 Å². The lowest BCUT2D eigenvalue weighted by atomic mass is 10.1. The largest absolute Gasteiger partial charge is 0.350 e. The highest BCUT2D eigenvalue weighted by Crippen LogP contribution is 2.26. The first-order valence-electron chi connectivity index (χ1n) is 10.9. The summed E-state index contributed by atoms with van der Waals surface area (Å²) < 4.78 is 0. The van der Waals surface area contributed by atoms with E-state index in [9.17, 15) is 14.4 Å². The van der Waals surface area contributed by atoms with Gasteiger partial charge in [0.2, 0.25) is 0 Å². The number of imide groups is 1. The number of benzene rings is 3. The highest BCUT2D eigenvalue weighted by Gasteiger charge is 2.37. The van der Waals surface area contributed by atoms with Crippen molar-refractivity contribution in [2.24, 2.45) is 0 Å². The SMILES string of the molecule is Cc1ccc(NC(=O)c2cccc(NC3=C(Cl)C(=O)N(CCc4ccccc4)C3=O)c2)c(C)c1. The van der Waals surface area contributed by atoms with E-state index in [-0.39, 0.29) is 23.2 Å². The monoisotopic (exact) mass is 473 g/mol. The van der Waals surface area contributed by atoms with Crippen LogP contribution in [0.4, 0.5) is 11.4 Å². The van der Waals surface area contributed by atoms with Gasteiger partial charge in [0.1, 0.15) is 10.7 Å². The molecule has 0 fully saturated rings. The topological polar surface area (TPSA) is 78.5 Å². The molecule has 3 aromatic rings. The van der Waals surface area contributed by atoms with Crippen LogP contribution in [0.1, 0.15) is 27.0 Å². The Morgan fingerprint density at radius 1 is 0.912 bits per heavy atom. The number of hydrogen-bond acceptors (Lipinski definition) is 4. The maximum Gasteiger partial charge on any atom is 0.278 e. The minimum atomic E-state index is -0.533. The van der Waals surface area contributed by atoms with Gasteiger partial charge in [-0.15, -0.1) is 0 Å². The highest BCUT2D eigenvalue weighted by molar-refractivity contribution is 6.48. The normalized spacial score (nSPS) is 13.4. The number of nitrogens with one attached hydrogen (secondary N) is 2. The quantitative estimate of drug-likeness (QED) is 0.472. The fourth-order valence-electron chi connectivity index (χ4n) is 3.77. The van der Waals surface area contributed by atoms with E-state index < -0.39 is 11.8 Å². The molecule has 3 amide bonds. The molecule has 0 radical (unpaired) electrons. The molecule has 6 nitrogen and oxygen atoms in total. The van der Waals surface area contributed by atoms with E-state index in [0.29, 0.717) is 17.7 Å². The van der Waals surface area contributed by atoms with Crippen molar-refractivity contribution in [3.8, 4) is 0 Å². The Morgan fingerprint density at radius 2 is 1.68 bits per heavy atom. The van der Waals surface area contributed by atoms with Crippen LogP contribution in [-0.2, 0) is 16.0 Å². The molecule has 0 aliphatic carbocycles. The van der Waals surface area contributed by atoms with Crippen LogP contribution in [0, 0.1) is 13.8 Å². The van der Waals surface area contributed by atoms with Crippen LogP contribution in [0.15, 0.2) is 83.5 Å². The van der Waals surface area contributed by atoms with E-state index in [4.69, 9.17) is 11.6 Å². The lowest BCUT2D eigenvalue weighted by molar-refractivity contribution is -0.137. The van der Waals surface area contributed by atoms with Crippen molar-refractivity contribution in [3.05, 3.63) is 106 Å². The average molecular weight is 474 g/mol. The fourth-order valence-corrected chi connectivity index (χ4v) is 4.00. The number of rotatable bonds is 7. The Balaban J connectivity index is 1.46. The third kappa shape index (κ3) is 5.02. The number of amides is 3. The predicted octanol–water partition coefficient (Wildman–Crippen LogP) is 5.03. The van der Waals surface area contributed by atoms with Crippen molar-refractivity contribution in [1.29, 1.82) is 0 Å². The zero-order valence-corrected chi connectivity index (χ0v) is 19.6. The van der Waals surface area contributed by atoms with E-state index in [2.05, 4.69) is 10.6 Å². The number of carbonyl (C=O) groups excluding carboxylic acids is 3. The molecular formula is C27H24ClN3O3. The Hall–Kier alpha value is -3.90. The van der Waals surface area contributed by atoms with Crippen LogP contribution in [0.25, 0.3) is 0 Å². The number of hydrogen-bond donors (Lipinski definition) is 2. The first-order chi connectivity index (χ1) is 16.3. The Morgan fingerprint density at radius 3 is 2.41 bits per heavy atom. The molecule has 2 N–H and O–H groups in total. The van der Waals surface area contributed by atoms with Crippen molar-refractivity contribution in [2.75, 3.05) is 17.2 Å². The summed E-state index contributed by atoms with van der Waals surface area (Å²) in [5, 5.41) is 5.67. The third-order valence-electron chi connectivity index (χ3n) is 5.60. The van der Waals surface area contributed by atoms with Crippen LogP contribution < -0.4 is 10.6 Å². The van der Waals surface area contributed by atoms with E-state index >= 15 is 0 Å². The maximum absolute atomic E-state index is 12.9. The van der Waals surface area contributed by atoms with Gasteiger partial charge in [-0.25, -0.2) is 0 Å². The first kappa shape index (κ1) is 23.3. The number of nitrogens with zero attached hydrogens (tertiary/aromatic N) is 1. The summed E-state index contributed by atoms with van der Waals surface area (Å²) in [6.45, 7) is 4.15. The molecule has 0 saturated carbocycles. The van der Waals surface area contributed by atoms with Gasteiger partial charge in [0.25, 0.3) is 17.7 Å². The van der Waals surface area contributed by atoms with E-state index in [1.54, 1.807) is 24.3 Å². The minimum absolute atomic E-state index is 0.00617. The van der Waals surface area contributed by atoms with Crippen LogP contribution in [0.2, 0.25) is 0 Å². The summed E-state index contributed by atoms with van der Waals surface area (Å²) in [7, 11) is 0. The molecule has 3 aromatic carbocycles. The zero-order chi connectivity index (χ0) is 24.2.